The Kier molecular flexibility index (Phi) is 5.36. The maximum Gasteiger partial charge on any atom is 0.170 e. The molecule has 0 amide bonds. The smallest absolute Gasteiger partial charge is 0.170 e. The second kappa shape index (κ2) is 7.03. The van der Waals surface area contributed by atoms with Crippen molar-refractivity contribution in [3.8, 4) is 0 Å². The first-order valence-electron chi connectivity index (χ1n) is 6.16. The largest absolute Gasteiger partial charge is 0.409 e. The summed E-state index contributed by atoms with van der Waals surface area (Å²) in [6.07, 6.45) is 2.20. The van der Waals surface area contributed by atoms with Gasteiger partial charge in [-0.3, -0.25) is 0 Å². The van der Waals surface area contributed by atoms with Crippen molar-refractivity contribution < 1.29 is 9.94 Å². The molecular formula is C13H17ClN2O2S. The Balaban J connectivity index is 1.97. The van der Waals surface area contributed by atoms with Gasteiger partial charge in [-0.2, -0.15) is 11.8 Å². The number of halogens is 1. The van der Waals surface area contributed by atoms with E-state index in [9.17, 15) is 0 Å². The molecular weight excluding hydrogens is 284 g/mol. The minimum absolute atomic E-state index is 0.0746. The molecule has 1 saturated heterocycles. The van der Waals surface area contributed by atoms with E-state index in [-0.39, 0.29) is 5.84 Å². The van der Waals surface area contributed by atoms with Crippen molar-refractivity contribution in [3.05, 3.63) is 34.3 Å². The zero-order valence-corrected chi connectivity index (χ0v) is 12.1. The summed E-state index contributed by atoms with van der Waals surface area (Å²) < 4.78 is 5.34. The van der Waals surface area contributed by atoms with Gasteiger partial charge in [0.25, 0.3) is 0 Å². The number of hydrogen-bond acceptors (Lipinski definition) is 4. The van der Waals surface area contributed by atoms with Crippen LogP contribution in [0.1, 0.15) is 24.0 Å². The number of rotatable bonds is 4. The lowest BCUT2D eigenvalue weighted by atomic mass is 10.1. The van der Waals surface area contributed by atoms with Crippen LogP contribution in [0.4, 0.5) is 0 Å². The van der Waals surface area contributed by atoms with E-state index in [2.05, 4.69) is 5.16 Å². The molecule has 1 heterocycles. The highest BCUT2D eigenvalue weighted by molar-refractivity contribution is 7.99. The molecule has 0 bridgehead atoms. The van der Waals surface area contributed by atoms with Gasteiger partial charge < -0.3 is 15.7 Å². The van der Waals surface area contributed by atoms with Crippen LogP contribution in [0.5, 0.6) is 0 Å². The summed E-state index contributed by atoms with van der Waals surface area (Å²) in [6, 6.07) is 5.49. The van der Waals surface area contributed by atoms with Crippen LogP contribution in [0.3, 0.4) is 0 Å². The Hall–Kier alpha value is -0.910. The second-order valence-electron chi connectivity index (χ2n) is 4.41. The van der Waals surface area contributed by atoms with E-state index in [1.165, 1.54) is 0 Å². The lowest BCUT2D eigenvalue weighted by molar-refractivity contribution is 0.1000. The van der Waals surface area contributed by atoms with Crippen molar-refractivity contribution in [2.75, 3.05) is 13.2 Å². The van der Waals surface area contributed by atoms with Gasteiger partial charge in [-0.25, -0.2) is 0 Å². The van der Waals surface area contributed by atoms with Crippen LogP contribution < -0.4 is 5.73 Å². The van der Waals surface area contributed by atoms with Crippen LogP contribution in [0.25, 0.3) is 0 Å². The van der Waals surface area contributed by atoms with Crippen LogP contribution in [-0.2, 0) is 10.5 Å². The van der Waals surface area contributed by atoms with Crippen molar-refractivity contribution in [3.63, 3.8) is 0 Å². The Bertz CT molecular complexity index is 462. The lowest BCUT2D eigenvalue weighted by Gasteiger charge is -2.21. The standard InChI is InChI=1S/C13H17ClN2O2S/c14-12-7-9(13(15)16-17)1-2-10(12)8-19-11-3-5-18-6-4-11/h1-2,7,11,17H,3-6,8H2,(H2,15,16). The number of hydrogen-bond donors (Lipinski definition) is 2. The van der Waals surface area contributed by atoms with Crippen LogP contribution in [-0.4, -0.2) is 29.5 Å². The van der Waals surface area contributed by atoms with Gasteiger partial charge in [-0.05, 0) is 24.5 Å². The van der Waals surface area contributed by atoms with Gasteiger partial charge in [0.1, 0.15) is 0 Å². The van der Waals surface area contributed by atoms with Crippen LogP contribution in [0.2, 0.25) is 5.02 Å². The van der Waals surface area contributed by atoms with Crippen molar-refractivity contribution in [1.29, 1.82) is 0 Å². The summed E-state index contributed by atoms with van der Waals surface area (Å²) >= 11 is 8.13. The first-order valence-corrected chi connectivity index (χ1v) is 7.59. The topological polar surface area (TPSA) is 67.8 Å². The zero-order valence-electron chi connectivity index (χ0n) is 10.5. The molecule has 0 saturated carbocycles. The fourth-order valence-corrected chi connectivity index (χ4v) is 3.45. The minimum Gasteiger partial charge on any atom is -0.409 e. The summed E-state index contributed by atoms with van der Waals surface area (Å²) in [5.74, 6) is 0.950. The first-order chi connectivity index (χ1) is 9.20. The van der Waals surface area contributed by atoms with Gasteiger partial charge in [-0.1, -0.05) is 28.9 Å². The number of ether oxygens (including phenoxy) is 1. The molecule has 1 fully saturated rings. The first kappa shape index (κ1) is 14.5. The second-order valence-corrected chi connectivity index (χ2v) is 6.11. The number of nitrogens with zero attached hydrogens (tertiary/aromatic N) is 1. The SMILES string of the molecule is N/C(=N/O)c1ccc(CSC2CCOCC2)c(Cl)c1. The maximum absolute atomic E-state index is 8.63. The molecule has 1 aliphatic heterocycles. The number of thioether (sulfide) groups is 1. The fourth-order valence-electron chi connectivity index (χ4n) is 1.93. The van der Waals surface area contributed by atoms with E-state index in [1.54, 1.807) is 6.07 Å². The molecule has 3 N–H and O–H groups in total. The fraction of sp³-hybridized carbons (Fsp3) is 0.462. The predicted molar refractivity (Wildman–Crippen MR) is 79.1 cm³/mol. The summed E-state index contributed by atoms with van der Waals surface area (Å²) in [7, 11) is 0. The normalized spacial score (nSPS) is 17.6. The van der Waals surface area contributed by atoms with E-state index in [0.29, 0.717) is 15.8 Å². The quantitative estimate of drug-likeness (QED) is 0.388. The molecule has 0 radical (unpaired) electrons. The monoisotopic (exact) mass is 300 g/mol. The van der Waals surface area contributed by atoms with E-state index >= 15 is 0 Å². The molecule has 0 atom stereocenters. The van der Waals surface area contributed by atoms with E-state index < -0.39 is 0 Å². The number of nitrogens with two attached hydrogens (primary N) is 1. The molecule has 19 heavy (non-hydrogen) atoms. The number of oxime groups is 1. The summed E-state index contributed by atoms with van der Waals surface area (Å²) in [6.45, 7) is 1.71. The highest BCUT2D eigenvalue weighted by atomic mass is 35.5. The molecule has 0 unspecified atom stereocenters. The Morgan fingerprint density at radius 1 is 1.47 bits per heavy atom. The van der Waals surface area contributed by atoms with Gasteiger partial charge in [-0.15, -0.1) is 0 Å². The Labute approximate surface area is 122 Å². The van der Waals surface area contributed by atoms with Gasteiger partial charge in [0.15, 0.2) is 5.84 Å². The highest BCUT2D eigenvalue weighted by Gasteiger charge is 2.15. The van der Waals surface area contributed by atoms with Crippen molar-refractivity contribution in [2.24, 2.45) is 10.9 Å². The molecule has 1 aliphatic rings. The van der Waals surface area contributed by atoms with Gasteiger partial charge in [0, 0.05) is 34.8 Å². The summed E-state index contributed by atoms with van der Waals surface area (Å²) in [5, 5.41) is 12.9. The molecule has 4 nitrogen and oxygen atoms in total. The zero-order chi connectivity index (χ0) is 13.7. The average molecular weight is 301 g/mol. The molecule has 1 aromatic rings. The molecule has 0 aliphatic carbocycles. The summed E-state index contributed by atoms with van der Waals surface area (Å²) in [4.78, 5) is 0. The van der Waals surface area contributed by atoms with Gasteiger partial charge in [0.05, 0.1) is 0 Å². The molecule has 1 aromatic carbocycles. The third-order valence-electron chi connectivity index (χ3n) is 3.10. The van der Waals surface area contributed by atoms with Crippen LogP contribution >= 0.6 is 23.4 Å². The van der Waals surface area contributed by atoms with E-state index in [0.717, 1.165) is 37.4 Å². The Morgan fingerprint density at radius 2 is 2.21 bits per heavy atom. The van der Waals surface area contributed by atoms with E-state index in [1.807, 2.05) is 23.9 Å². The van der Waals surface area contributed by atoms with Crippen molar-refractivity contribution in [1.82, 2.24) is 0 Å². The third kappa shape index (κ3) is 4.03. The van der Waals surface area contributed by atoms with Crippen molar-refractivity contribution in [2.45, 2.75) is 23.8 Å². The highest BCUT2D eigenvalue weighted by Crippen LogP contribution is 2.29. The van der Waals surface area contributed by atoms with Gasteiger partial charge >= 0.3 is 0 Å². The van der Waals surface area contributed by atoms with Crippen molar-refractivity contribution >= 4 is 29.2 Å². The summed E-state index contributed by atoms with van der Waals surface area (Å²) in [5.41, 5.74) is 7.23. The third-order valence-corrected chi connectivity index (χ3v) is 4.87. The molecule has 104 valence electrons. The van der Waals surface area contributed by atoms with Gasteiger partial charge in [0.2, 0.25) is 0 Å². The number of amidine groups is 1. The minimum atomic E-state index is 0.0746. The molecule has 0 spiro atoms. The maximum atomic E-state index is 8.63. The van der Waals surface area contributed by atoms with E-state index in [4.69, 9.17) is 27.3 Å². The Morgan fingerprint density at radius 3 is 2.84 bits per heavy atom. The average Bonchev–Trinajstić information content (AvgIpc) is 2.46. The predicted octanol–water partition coefficient (Wildman–Crippen LogP) is 2.85. The van der Waals surface area contributed by atoms with Crippen LogP contribution in [0.15, 0.2) is 23.4 Å². The lowest BCUT2D eigenvalue weighted by Crippen LogP contribution is -2.17. The molecule has 6 heteroatoms. The molecule has 0 aromatic heterocycles. The number of benzene rings is 1. The molecule has 2 rings (SSSR count). The van der Waals surface area contributed by atoms with Crippen LogP contribution in [0, 0.1) is 0 Å².